The number of carbonyl (C=O) groups is 2. The third-order valence-electron chi connectivity index (χ3n) is 2.09. The predicted octanol–water partition coefficient (Wildman–Crippen LogP) is 1.02. The first-order valence-corrected chi connectivity index (χ1v) is 6.26. The second kappa shape index (κ2) is 6.93. The third kappa shape index (κ3) is 5.11. The average molecular weight is 268 g/mol. The minimum absolute atomic E-state index is 0.0541. The molecule has 0 aliphatic rings. The summed E-state index contributed by atoms with van der Waals surface area (Å²) in [5.41, 5.74) is 0.826. The van der Waals surface area contributed by atoms with Gasteiger partial charge in [-0.2, -0.15) is 0 Å². The molecule has 6 heteroatoms. The molecule has 0 radical (unpaired) electrons. The number of nitrogens with one attached hydrogen (secondary N) is 1. The summed E-state index contributed by atoms with van der Waals surface area (Å²) in [5.74, 6) is -1.04. The van der Waals surface area contributed by atoms with E-state index in [0.717, 1.165) is 16.5 Å². The number of nitrogens with zero attached hydrogens (tertiary/aromatic N) is 1. The highest BCUT2D eigenvalue weighted by Gasteiger charge is 2.06. The molecule has 0 aliphatic heterocycles. The zero-order valence-electron chi connectivity index (χ0n) is 10.3. The number of rotatable bonds is 6. The quantitative estimate of drug-likeness (QED) is 0.756. The van der Waals surface area contributed by atoms with Crippen molar-refractivity contribution in [1.29, 1.82) is 0 Å². The maximum Gasteiger partial charge on any atom is 0.328 e. The van der Waals surface area contributed by atoms with Crippen molar-refractivity contribution in [2.75, 3.05) is 20.6 Å². The van der Waals surface area contributed by atoms with E-state index in [1.807, 2.05) is 25.5 Å². The Morgan fingerprint density at radius 2 is 2.22 bits per heavy atom. The van der Waals surface area contributed by atoms with Gasteiger partial charge in [-0.1, -0.05) is 0 Å². The molecular weight excluding hydrogens is 252 g/mol. The Bertz CT molecular complexity index is 452. The Balaban J connectivity index is 2.55. The fourth-order valence-electron chi connectivity index (χ4n) is 1.33. The third-order valence-corrected chi connectivity index (χ3v) is 3.03. The van der Waals surface area contributed by atoms with Crippen LogP contribution in [-0.2, 0) is 16.1 Å². The van der Waals surface area contributed by atoms with Crippen molar-refractivity contribution in [2.24, 2.45) is 0 Å². The lowest BCUT2D eigenvalue weighted by Gasteiger charge is -2.09. The summed E-state index contributed by atoms with van der Waals surface area (Å²) in [7, 11) is 3.65. The van der Waals surface area contributed by atoms with Crippen LogP contribution in [-0.4, -0.2) is 42.5 Å². The molecular formula is C12H16N2O3S. The highest BCUT2D eigenvalue weighted by molar-refractivity contribution is 7.10. The molecule has 1 aromatic rings. The fraction of sp³-hybridized carbons (Fsp3) is 0.333. The maximum absolute atomic E-state index is 11.5. The minimum atomic E-state index is -0.983. The molecule has 0 aromatic carbocycles. The summed E-state index contributed by atoms with van der Waals surface area (Å²) >= 11 is 1.49. The minimum Gasteiger partial charge on any atom is -0.478 e. The Kier molecular flexibility index (Phi) is 5.54. The van der Waals surface area contributed by atoms with Gasteiger partial charge in [-0.05, 0) is 37.2 Å². The number of hydrogen-bond donors (Lipinski definition) is 2. The van der Waals surface area contributed by atoms with E-state index in [2.05, 4.69) is 5.32 Å². The van der Waals surface area contributed by atoms with Crippen LogP contribution in [0.3, 0.4) is 0 Å². The second-order valence-electron chi connectivity index (χ2n) is 3.99. The van der Waals surface area contributed by atoms with Gasteiger partial charge in [-0.15, -0.1) is 11.3 Å². The zero-order valence-corrected chi connectivity index (χ0v) is 11.2. The van der Waals surface area contributed by atoms with Crippen LogP contribution in [0.25, 0.3) is 6.08 Å². The molecule has 1 amide bonds. The van der Waals surface area contributed by atoms with Crippen LogP contribution in [0.1, 0.15) is 10.4 Å². The van der Waals surface area contributed by atoms with E-state index in [4.69, 9.17) is 5.11 Å². The molecule has 0 saturated heterocycles. The van der Waals surface area contributed by atoms with Crippen LogP contribution in [0.15, 0.2) is 17.5 Å². The Morgan fingerprint density at radius 1 is 1.50 bits per heavy atom. The number of aliphatic carboxylic acids is 1. The number of thiophene rings is 1. The number of carboxylic acid groups (broad SMARTS) is 1. The van der Waals surface area contributed by atoms with Crippen molar-refractivity contribution >= 4 is 29.3 Å². The van der Waals surface area contributed by atoms with Gasteiger partial charge in [0.2, 0.25) is 5.91 Å². The van der Waals surface area contributed by atoms with Crippen molar-refractivity contribution in [3.05, 3.63) is 28.0 Å². The Hall–Kier alpha value is -1.66. The number of amides is 1. The van der Waals surface area contributed by atoms with Crippen LogP contribution in [0.5, 0.6) is 0 Å². The molecule has 0 atom stereocenters. The molecule has 0 saturated carbocycles. The van der Waals surface area contributed by atoms with E-state index in [9.17, 15) is 9.59 Å². The molecule has 1 heterocycles. The second-order valence-corrected chi connectivity index (χ2v) is 4.99. The van der Waals surface area contributed by atoms with E-state index in [-0.39, 0.29) is 5.91 Å². The first kappa shape index (κ1) is 14.4. The summed E-state index contributed by atoms with van der Waals surface area (Å²) in [6, 6.07) is 1.83. The topological polar surface area (TPSA) is 69.6 Å². The summed E-state index contributed by atoms with van der Waals surface area (Å²) in [6.45, 7) is 0.759. The predicted molar refractivity (Wildman–Crippen MR) is 71.4 cm³/mol. The molecule has 18 heavy (non-hydrogen) atoms. The van der Waals surface area contributed by atoms with Crippen molar-refractivity contribution < 1.29 is 14.7 Å². The standard InChI is InChI=1S/C12H16N2O3S/c1-14(2)8-11(15)13-7-10-9(5-6-18-10)3-4-12(16)17/h3-6H,7-8H2,1-2H3,(H,13,15)(H,16,17)/b4-3+. The van der Waals surface area contributed by atoms with Gasteiger partial charge in [-0.3, -0.25) is 4.79 Å². The van der Waals surface area contributed by atoms with Crippen LogP contribution in [0, 0.1) is 0 Å². The van der Waals surface area contributed by atoms with E-state index >= 15 is 0 Å². The summed E-state index contributed by atoms with van der Waals surface area (Å²) < 4.78 is 0. The largest absolute Gasteiger partial charge is 0.478 e. The van der Waals surface area contributed by atoms with E-state index in [1.54, 1.807) is 4.90 Å². The molecule has 2 N–H and O–H groups in total. The lowest BCUT2D eigenvalue weighted by atomic mass is 10.2. The molecule has 1 rings (SSSR count). The SMILES string of the molecule is CN(C)CC(=O)NCc1sccc1/C=C/C(=O)O. The average Bonchev–Trinajstić information content (AvgIpc) is 2.70. The Morgan fingerprint density at radius 3 is 2.83 bits per heavy atom. The molecule has 0 fully saturated rings. The summed E-state index contributed by atoms with van der Waals surface area (Å²) in [6.07, 6.45) is 2.62. The van der Waals surface area contributed by atoms with E-state index in [0.29, 0.717) is 13.1 Å². The van der Waals surface area contributed by atoms with Crippen molar-refractivity contribution in [1.82, 2.24) is 10.2 Å². The number of likely N-dealkylation sites (N-methyl/N-ethyl adjacent to an activating group) is 1. The van der Waals surface area contributed by atoms with Crippen molar-refractivity contribution in [2.45, 2.75) is 6.54 Å². The van der Waals surface area contributed by atoms with Crippen LogP contribution in [0.2, 0.25) is 0 Å². The van der Waals surface area contributed by atoms with E-state index < -0.39 is 5.97 Å². The summed E-state index contributed by atoms with van der Waals surface area (Å²) in [4.78, 5) is 24.6. The summed E-state index contributed by atoms with van der Waals surface area (Å²) in [5, 5.41) is 13.2. The zero-order chi connectivity index (χ0) is 13.5. The first-order valence-electron chi connectivity index (χ1n) is 5.38. The lowest BCUT2D eigenvalue weighted by Crippen LogP contribution is -2.32. The highest BCUT2D eigenvalue weighted by Crippen LogP contribution is 2.18. The van der Waals surface area contributed by atoms with Crippen LogP contribution >= 0.6 is 11.3 Å². The van der Waals surface area contributed by atoms with Gasteiger partial charge in [0.1, 0.15) is 0 Å². The Labute approximate surface area is 110 Å². The van der Waals surface area contributed by atoms with Gasteiger partial charge in [0.25, 0.3) is 0 Å². The first-order chi connectivity index (χ1) is 8.49. The molecule has 98 valence electrons. The molecule has 0 spiro atoms. The number of carbonyl (C=O) groups excluding carboxylic acids is 1. The maximum atomic E-state index is 11.5. The smallest absolute Gasteiger partial charge is 0.328 e. The molecule has 5 nitrogen and oxygen atoms in total. The molecule has 0 aliphatic carbocycles. The van der Waals surface area contributed by atoms with Gasteiger partial charge < -0.3 is 15.3 Å². The van der Waals surface area contributed by atoms with Gasteiger partial charge in [0, 0.05) is 11.0 Å². The fourth-order valence-corrected chi connectivity index (χ4v) is 2.13. The van der Waals surface area contributed by atoms with Crippen LogP contribution < -0.4 is 5.32 Å². The van der Waals surface area contributed by atoms with Gasteiger partial charge >= 0.3 is 5.97 Å². The van der Waals surface area contributed by atoms with Crippen LogP contribution in [0.4, 0.5) is 0 Å². The van der Waals surface area contributed by atoms with Crippen molar-refractivity contribution in [3.8, 4) is 0 Å². The van der Waals surface area contributed by atoms with Crippen molar-refractivity contribution in [3.63, 3.8) is 0 Å². The van der Waals surface area contributed by atoms with E-state index in [1.165, 1.54) is 17.4 Å². The normalized spacial score (nSPS) is 11.1. The lowest BCUT2D eigenvalue weighted by molar-refractivity contribution is -0.131. The number of carboxylic acids is 1. The monoisotopic (exact) mass is 268 g/mol. The molecule has 0 unspecified atom stereocenters. The number of hydrogen-bond acceptors (Lipinski definition) is 4. The van der Waals surface area contributed by atoms with Gasteiger partial charge in [0.05, 0.1) is 13.1 Å². The van der Waals surface area contributed by atoms with Gasteiger partial charge in [-0.25, -0.2) is 4.79 Å². The van der Waals surface area contributed by atoms with Gasteiger partial charge in [0.15, 0.2) is 0 Å². The molecule has 1 aromatic heterocycles. The highest BCUT2D eigenvalue weighted by atomic mass is 32.1. The molecule has 0 bridgehead atoms.